The minimum atomic E-state index is -3.14. The van der Waals surface area contributed by atoms with Crippen molar-refractivity contribution in [2.75, 3.05) is 105 Å². The van der Waals surface area contributed by atoms with E-state index in [-0.39, 0.29) is 5.56 Å². The molecule has 0 radical (unpaired) electrons. The quantitative estimate of drug-likeness (QED) is 0.188. The molecule has 0 atom stereocenters. The number of hydrogen-bond donors (Lipinski definition) is 2. The molecule has 0 aromatic carbocycles. The molecule has 18 nitrogen and oxygen atoms in total. The van der Waals surface area contributed by atoms with Crippen molar-refractivity contribution >= 4 is 46.3 Å². The molecule has 6 aromatic rings. The fourth-order valence-corrected chi connectivity index (χ4v) is 6.97. The summed E-state index contributed by atoms with van der Waals surface area (Å²) in [6.07, 6.45) is 14.5. The van der Waals surface area contributed by atoms with Crippen molar-refractivity contribution < 1.29 is 27.8 Å². The van der Waals surface area contributed by atoms with Crippen molar-refractivity contribution in [2.24, 2.45) is 0 Å². The number of carbonyl (C=O) groups excluding carboxylic acids is 1. The second-order valence-corrected chi connectivity index (χ2v) is 15.4. The number of rotatable bonds is 8. The molecule has 65 heavy (non-hydrogen) atoms. The molecule has 0 aliphatic carbocycles. The van der Waals surface area contributed by atoms with Gasteiger partial charge in [-0.1, -0.05) is 11.6 Å². The zero-order valence-corrected chi connectivity index (χ0v) is 37.0. The Hall–Kier alpha value is -6.61. The first-order valence-electron chi connectivity index (χ1n) is 20.9. The number of carbonyl (C=O) groups is 1. The molecule has 1 amide bonds. The highest BCUT2D eigenvalue weighted by atomic mass is 35.5. The van der Waals surface area contributed by atoms with Crippen LogP contribution in [0.5, 0.6) is 0 Å². The predicted octanol–water partition coefficient (Wildman–Crippen LogP) is 5.68. The largest absolute Gasteiger partial charge is 0.397 e. The van der Waals surface area contributed by atoms with E-state index in [1.165, 1.54) is 24.7 Å². The standard InChI is InChI=1S/C22H22F2N6O2.C14H17N5O.C8H10ClN3O/c1-14-17(18-12-25-13-20(29-18)30-5-7-32-8-6-30)10-16(11-27-14)28-21(31)15-3-4-26-19(9-15)22(2,23)24;1-10-12(6-11(15)7-17-10)13-8-16-9-14(18-13)19-2-4-20-5-3-19;9-7-5-10-6-8(11-7)12-1-3-13-4-2-12/h3-4,9-13H,5-8H2,1-2H3,(H,28,31);6-9H,2-5,15H2,1H3;5-6H,1-4H2. The van der Waals surface area contributed by atoms with Gasteiger partial charge in [0.15, 0.2) is 0 Å². The maximum Gasteiger partial charge on any atom is 0.286 e. The molecule has 3 aliphatic rings. The van der Waals surface area contributed by atoms with Gasteiger partial charge in [0.25, 0.3) is 11.8 Å². The number of amides is 1. The van der Waals surface area contributed by atoms with Crippen LogP contribution in [0, 0.1) is 13.8 Å². The first-order valence-corrected chi connectivity index (χ1v) is 21.2. The van der Waals surface area contributed by atoms with E-state index in [9.17, 15) is 13.6 Å². The number of halogens is 3. The van der Waals surface area contributed by atoms with Crippen molar-refractivity contribution in [3.63, 3.8) is 0 Å². The number of alkyl halides is 2. The number of anilines is 5. The molecule has 9 rings (SSSR count). The predicted molar refractivity (Wildman–Crippen MR) is 242 cm³/mol. The van der Waals surface area contributed by atoms with Gasteiger partial charge in [0.2, 0.25) is 0 Å². The number of nitrogens with one attached hydrogen (secondary N) is 1. The molecule has 0 spiro atoms. The van der Waals surface area contributed by atoms with Crippen LogP contribution < -0.4 is 25.8 Å². The Balaban J connectivity index is 0.000000161. The summed E-state index contributed by atoms with van der Waals surface area (Å²) in [5.41, 5.74) is 11.1. The van der Waals surface area contributed by atoms with Crippen LogP contribution in [0.1, 0.15) is 34.4 Å². The highest BCUT2D eigenvalue weighted by molar-refractivity contribution is 6.29. The fourth-order valence-electron chi connectivity index (χ4n) is 6.82. The molecular weight excluding hydrogens is 862 g/mol. The van der Waals surface area contributed by atoms with Crippen LogP contribution in [0.25, 0.3) is 22.5 Å². The number of nitrogen functional groups attached to an aromatic ring is 1. The summed E-state index contributed by atoms with van der Waals surface area (Å²) in [6, 6.07) is 6.08. The van der Waals surface area contributed by atoms with Gasteiger partial charge < -0.3 is 40.0 Å². The van der Waals surface area contributed by atoms with Gasteiger partial charge in [0.05, 0.1) is 112 Å². The second-order valence-electron chi connectivity index (χ2n) is 15.1. The van der Waals surface area contributed by atoms with Gasteiger partial charge >= 0.3 is 0 Å². The second kappa shape index (κ2) is 21.8. The Labute approximate surface area is 379 Å². The Morgan fingerprint density at radius 1 is 0.662 bits per heavy atom. The van der Waals surface area contributed by atoms with Gasteiger partial charge in [-0.2, -0.15) is 8.78 Å². The van der Waals surface area contributed by atoms with E-state index in [0.717, 1.165) is 113 Å². The van der Waals surface area contributed by atoms with Crippen molar-refractivity contribution in [2.45, 2.75) is 26.7 Å². The van der Waals surface area contributed by atoms with Crippen molar-refractivity contribution in [1.29, 1.82) is 0 Å². The van der Waals surface area contributed by atoms with Crippen LogP contribution in [-0.2, 0) is 20.1 Å². The summed E-state index contributed by atoms with van der Waals surface area (Å²) in [5, 5.41) is 3.14. The number of nitrogens with two attached hydrogens (primary N) is 1. The number of hydrogen-bond acceptors (Lipinski definition) is 17. The number of aryl methyl sites for hydroxylation is 2. The number of pyridine rings is 3. The lowest BCUT2D eigenvalue weighted by molar-refractivity contribution is 0.0127. The first-order chi connectivity index (χ1) is 31.4. The van der Waals surface area contributed by atoms with Gasteiger partial charge in [0.1, 0.15) is 28.3 Å². The van der Waals surface area contributed by atoms with Gasteiger partial charge in [-0.05, 0) is 38.1 Å². The summed E-state index contributed by atoms with van der Waals surface area (Å²) in [5.74, 6) is -1.24. The third-order valence-electron chi connectivity index (χ3n) is 10.3. The van der Waals surface area contributed by atoms with E-state index in [1.807, 2.05) is 19.9 Å². The van der Waals surface area contributed by atoms with Crippen LogP contribution in [0.15, 0.2) is 80.0 Å². The molecule has 21 heteroatoms. The van der Waals surface area contributed by atoms with Gasteiger partial charge in [-0.25, -0.2) is 15.0 Å². The number of aromatic nitrogens is 9. The molecule has 0 bridgehead atoms. The molecule has 3 saturated heterocycles. The summed E-state index contributed by atoms with van der Waals surface area (Å²) in [7, 11) is 0. The molecule has 6 aromatic heterocycles. The Kier molecular flexibility index (Phi) is 15.6. The monoisotopic (exact) mass is 910 g/mol. The summed E-state index contributed by atoms with van der Waals surface area (Å²) in [6.45, 7) is 13.6. The lowest BCUT2D eigenvalue weighted by atomic mass is 10.1. The van der Waals surface area contributed by atoms with Gasteiger partial charge in [0, 0.05) is 80.5 Å². The SMILES string of the molecule is Cc1ncc(N)cc1-c1cncc(N2CCOCC2)n1.Cc1ncc(NC(=O)c2ccnc(C(C)(F)F)c2)cc1-c1cncc(N2CCOCC2)n1.Clc1cncc(N2CCOCC2)n1. The van der Waals surface area contributed by atoms with Gasteiger partial charge in [-0.15, -0.1) is 0 Å². The third-order valence-corrected chi connectivity index (χ3v) is 10.5. The minimum Gasteiger partial charge on any atom is -0.397 e. The lowest BCUT2D eigenvalue weighted by Crippen LogP contribution is -2.36. The van der Waals surface area contributed by atoms with E-state index >= 15 is 0 Å². The molecule has 0 saturated carbocycles. The molecule has 3 aliphatic heterocycles. The highest BCUT2D eigenvalue weighted by Gasteiger charge is 2.27. The maximum atomic E-state index is 13.5. The molecule has 340 valence electrons. The third kappa shape index (κ3) is 12.8. The normalized spacial score (nSPS) is 15.3. The topological polar surface area (TPSA) is 209 Å². The van der Waals surface area contributed by atoms with Crippen LogP contribution in [0.4, 0.5) is 37.6 Å². The maximum absolute atomic E-state index is 13.5. The first kappa shape index (κ1) is 46.4. The van der Waals surface area contributed by atoms with Crippen molar-refractivity contribution in [3.05, 3.63) is 108 Å². The van der Waals surface area contributed by atoms with Crippen LogP contribution in [-0.4, -0.2) is 130 Å². The molecule has 3 N–H and O–H groups in total. The smallest absolute Gasteiger partial charge is 0.286 e. The zero-order chi connectivity index (χ0) is 45.8. The van der Waals surface area contributed by atoms with E-state index in [2.05, 4.69) is 59.9 Å². The summed E-state index contributed by atoms with van der Waals surface area (Å²) < 4.78 is 43.1. The lowest BCUT2D eigenvalue weighted by Gasteiger charge is -2.27. The van der Waals surface area contributed by atoms with Crippen molar-refractivity contribution in [3.8, 4) is 22.5 Å². The summed E-state index contributed by atoms with van der Waals surface area (Å²) >= 11 is 5.73. The van der Waals surface area contributed by atoms with E-state index < -0.39 is 17.5 Å². The average molecular weight is 911 g/mol. The average Bonchev–Trinajstić information content (AvgIpc) is 3.34. The number of nitrogens with zero attached hydrogens (tertiary/aromatic N) is 12. The minimum absolute atomic E-state index is 0.0766. The van der Waals surface area contributed by atoms with Crippen LogP contribution in [0.3, 0.4) is 0 Å². The number of ether oxygens (including phenoxy) is 3. The highest BCUT2D eigenvalue weighted by Crippen LogP contribution is 2.28. The molecule has 9 heterocycles. The Bertz CT molecular complexity index is 2540. The van der Waals surface area contributed by atoms with E-state index in [0.29, 0.717) is 46.7 Å². The molecule has 0 unspecified atom stereocenters. The molecule has 3 fully saturated rings. The summed E-state index contributed by atoms with van der Waals surface area (Å²) in [4.78, 5) is 57.4. The van der Waals surface area contributed by atoms with Gasteiger partial charge in [-0.3, -0.25) is 34.7 Å². The zero-order valence-electron chi connectivity index (χ0n) is 36.2. The van der Waals surface area contributed by atoms with Crippen molar-refractivity contribution in [1.82, 2.24) is 44.9 Å². The molecular formula is C44H49ClF2N14O4. The van der Waals surface area contributed by atoms with E-state index in [1.54, 1.807) is 43.2 Å². The Morgan fingerprint density at radius 3 is 1.65 bits per heavy atom. The van der Waals surface area contributed by atoms with E-state index in [4.69, 9.17) is 36.5 Å². The van der Waals surface area contributed by atoms with Crippen LogP contribution in [0.2, 0.25) is 5.15 Å². The fraction of sp³-hybridized carbons (Fsp3) is 0.364. The number of morpholine rings is 3. The Morgan fingerprint density at radius 2 is 1.14 bits per heavy atom. The van der Waals surface area contributed by atoms with Crippen LogP contribution >= 0.6 is 11.6 Å².